The molecule has 0 radical (unpaired) electrons. The number of Topliss-reactive ketones (excluding diaryl/α,β-unsaturated/α-hetero) is 1. The van der Waals surface area contributed by atoms with Crippen LogP contribution in [0.4, 0.5) is 0 Å². The van der Waals surface area contributed by atoms with Gasteiger partial charge in [-0.2, -0.15) is 0 Å². The van der Waals surface area contributed by atoms with E-state index in [1.807, 2.05) is 6.07 Å². The third-order valence-corrected chi connectivity index (χ3v) is 2.75. The van der Waals surface area contributed by atoms with Crippen LogP contribution in [0.15, 0.2) is 23.0 Å². The van der Waals surface area contributed by atoms with E-state index in [0.717, 1.165) is 31.5 Å². The summed E-state index contributed by atoms with van der Waals surface area (Å²) in [5.74, 6) is 0.610. The first-order valence-electron chi connectivity index (χ1n) is 5.11. The van der Waals surface area contributed by atoms with Crippen LogP contribution in [-0.2, 0) is 11.2 Å². The quantitative estimate of drug-likeness (QED) is 0.788. The Labute approximate surface area is 83.5 Å². The van der Waals surface area contributed by atoms with Crippen molar-refractivity contribution < 1.29 is 9.21 Å². The number of nitrogens with one attached hydrogen (secondary N) is 1. The Morgan fingerprint density at radius 3 is 2.93 bits per heavy atom. The molecule has 0 bridgehead atoms. The van der Waals surface area contributed by atoms with Crippen molar-refractivity contribution in [2.75, 3.05) is 13.1 Å². The summed E-state index contributed by atoms with van der Waals surface area (Å²) in [5, 5.41) is 3.26. The van der Waals surface area contributed by atoms with Gasteiger partial charge >= 0.3 is 0 Å². The van der Waals surface area contributed by atoms with Crippen molar-refractivity contribution in [3.63, 3.8) is 0 Å². The van der Waals surface area contributed by atoms with Crippen LogP contribution < -0.4 is 5.32 Å². The summed E-state index contributed by atoms with van der Waals surface area (Å²) >= 11 is 0. The van der Waals surface area contributed by atoms with E-state index < -0.39 is 0 Å². The lowest BCUT2D eigenvalue weighted by atomic mass is 9.91. The zero-order valence-corrected chi connectivity index (χ0v) is 8.16. The van der Waals surface area contributed by atoms with Crippen LogP contribution in [-0.4, -0.2) is 18.9 Å². The largest absolute Gasteiger partial charge is 0.472 e. The molecule has 1 aliphatic rings. The first-order chi connectivity index (χ1) is 6.86. The van der Waals surface area contributed by atoms with Crippen LogP contribution >= 0.6 is 0 Å². The van der Waals surface area contributed by atoms with Crippen LogP contribution in [0, 0.1) is 5.92 Å². The van der Waals surface area contributed by atoms with Gasteiger partial charge in [0.05, 0.1) is 12.5 Å². The van der Waals surface area contributed by atoms with Gasteiger partial charge in [-0.25, -0.2) is 0 Å². The first kappa shape index (κ1) is 9.46. The van der Waals surface area contributed by atoms with Gasteiger partial charge in [0.25, 0.3) is 0 Å². The highest BCUT2D eigenvalue weighted by molar-refractivity contribution is 5.83. The van der Waals surface area contributed by atoms with E-state index in [2.05, 4.69) is 5.32 Å². The van der Waals surface area contributed by atoms with Gasteiger partial charge in [-0.3, -0.25) is 4.79 Å². The van der Waals surface area contributed by atoms with Crippen LogP contribution in [0.25, 0.3) is 0 Å². The van der Waals surface area contributed by atoms with Crippen molar-refractivity contribution in [2.45, 2.75) is 19.3 Å². The fourth-order valence-electron chi connectivity index (χ4n) is 1.88. The number of hydrogen-bond acceptors (Lipinski definition) is 3. The first-order valence-corrected chi connectivity index (χ1v) is 5.11. The van der Waals surface area contributed by atoms with Crippen molar-refractivity contribution in [2.24, 2.45) is 5.92 Å². The molecule has 76 valence electrons. The summed E-state index contributed by atoms with van der Waals surface area (Å²) in [6.07, 6.45) is 5.76. The molecule has 14 heavy (non-hydrogen) atoms. The van der Waals surface area contributed by atoms with Crippen LogP contribution in [0.1, 0.15) is 18.4 Å². The minimum atomic E-state index is 0.256. The van der Waals surface area contributed by atoms with Gasteiger partial charge in [0.15, 0.2) is 0 Å². The highest BCUT2D eigenvalue weighted by Crippen LogP contribution is 2.15. The lowest BCUT2D eigenvalue weighted by Crippen LogP contribution is -2.32. The standard InChI is InChI=1S/C11H15NO2/c13-11(7-9-3-6-14-8-9)10-1-4-12-5-2-10/h3,6,8,10,12H,1-2,4-5,7H2. The van der Waals surface area contributed by atoms with E-state index in [-0.39, 0.29) is 5.92 Å². The van der Waals surface area contributed by atoms with Gasteiger partial charge in [-0.15, -0.1) is 0 Å². The Morgan fingerprint density at radius 1 is 1.50 bits per heavy atom. The maximum absolute atomic E-state index is 11.8. The van der Waals surface area contributed by atoms with Crippen LogP contribution in [0.2, 0.25) is 0 Å². The number of carbonyl (C=O) groups is 1. The Bertz CT molecular complexity index is 286. The molecule has 1 fully saturated rings. The topological polar surface area (TPSA) is 42.2 Å². The molecule has 2 rings (SSSR count). The minimum Gasteiger partial charge on any atom is -0.472 e. The molecule has 1 N–H and O–H groups in total. The summed E-state index contributed by atoms with van der Waals surface area (Å²) < 4.78 is 4.94. The smallest absolute Gasteiger partial charge is 0.140 e. The summed E-state index contributed by atoms with van der Waals surface area (Å²) in [6, 6.07) is 1.86. The molecule has 2 heterocycles. The Hall–Kier alpha value is -1.09. The predicted molar refractivity (Wildman–Crippen MR) is 53.0 cm³/mol. The summed E-state index contributed by atoms with van der Waals surface area (Å²) in [4.78, 5) is 11.8. The van der Waals surface area contributed by atoms with Crippen molar-refractivity contribution in [1.82, 2.24) is 5.32 Å². The Balaban J connectivity index is 1.88. The second-order valence-electron chi connectivity index (χ2n) is 3.80. The molecule has 3 nitrogen and oxygen atoms in total. The van der Waals surface area contributed by atoms with E-state index in [9.17, 15) is 4.79 Å². The number of hydrogen-bond donors (Lipinski definition) is 1. The van der Waals surface area contributed by atoms with Crippen LogP contribution in [0.5, 0.6) is 0 Å². The molecule has 0 unspecified atom stereocenters. The van der Waals surface area contributed by atoms with Gasteiger partial charge in [0.2, 0.25) is 0 Å². The monoisotopic (exact) mass is 193 g/mol. The van der Waals surface area contributed by atoms with E-state index in [1.54, 1.807) is 12.5 Å². The van der Waals surface area contributed by atoms with E-state index >= 15 is 0 Å². The molecule has 0 spiro atoms. The lowest BCUT2D eigenvalue weighted by Gasteiger charge is -2.20. The third kappa shape index (κ3) is 2.23. The van der Waals surface area contributed by atoms with E-state index in [1.165, 1.54) is 0 Å². The van der Waals surface area contributed by atoms with E-state index in [4.69, 9.17) is 4.42 Å². The zero-order valence-electron chi connectivity index (χ0n) is 8.16. The maximum Gasteiger partial charge on any atom is 0.140 e. The van der Waals surface area contributed by atoms with Crippen molar-refractivity contribution >= 4 is 5.78 Å². The Morgan fingerprint density at radius 2 is 2.29 bits per heavy atom. The molecule has 0 aromatic carbocycles. The summed E-state index contributed by atoms with van der Waals surface area (Å²) in [6.45, 7) is 1.95. The molecule has 0 amide bonds. The SMILES string of the molecule is O=C(Cc1ccoc1)C1CCNCC1. The second kappa shape index (κ2) is 4.42. The van der Waals surface area contributed by atoms with Crippen molar-refractivity contribution in [1.29, 1.82) is 0 Å². The van der Waals surface area contributed by atoms with Gasteiger partial charge in [0, 0.05) is 12.3 Å². The molecule has 3 heteroatoms. The highest BCUT2D eigenvalue weighted by atomic mass is 16.3. The third-order valence-electron chi connectivity index (χ3n) is 2.75. The molecule has 1 aliphatic heterocycles. The van der Waals surface area contributed by atoms with Crippen LogP contribution in [0.3, 0.4) is 0 Å². The molecule has 1 aromatic rings. The molecular formula is C11H15NO2. The molecule has 0 aliphatic carbocycles. The molecule has 0 saturated carbocycles. The Kier molecular flexibility index (Phi) is 2.99. The fourth-order valence-corrected chi connectivity index (χ4v) is 1.88. The molecule has 0 atom stereocenters. The minimum absolute atomic E-state index is 0.256. The zero-order chi connectivity index (χ0) is 9.80. The van der Waals surface area contributed by atoms with Crippen molar-refractivity contribution in [3.8, 4) is 0 Å². The summed E-state index contributed by atoms with van der Waals surface area (Å²) in [5.41, 5.74) is 0.994. The number of furan rings is 1. The van der Waals surface area contributed by atoms with Gasteiger partial charge in [-0.1, -0.05) is 0 Å². The number of ketones is 1. The lowest BCUT2D eigenvalue weighted by molar-refractivity contribution is -0.122. The second-order valence-corrected chi connectivity index (χ2v) is 3.80. The maximum atomic E-state index is 11.8. The molecule has 1 aromatic heterocycles. The average molecular weight is 193 g/mol. The average Bonchev–Trinajstić information content (AvgIpc) is 2.72. The molecular weight excluding hydrogens is 178 g/mol. The van der Waals surface area contributed by atoms with Gasteiger partial charge in [-0.05, 0) is 37.6 Å². The summed E-state index contributed by atoms with van der Waals surface area (Å²) in [7, 11) is 0. The van der Waals surface area contributed by atoms with Crippen molar-refractivity contribution in [3.05, 3.63) is 24.2 Å². The predicted octanol–water partition coefficient (Wildman–Crippen LogP) is 1.39. The normalized spacial score (nSPS) is 18.3. The number of carbonyl (C=O) groups excluding carboxylic acids is 1. The van der Waals surface area contributed by atoms with Gasteiger partial charge in [0.1, 0.15) is 5.78 Å². The highest BCUT2D eigenvalue weighted by Gasteiger charge is 2.20. The van der Waals surface area contributed by atoms with E-state index in [0.29, 0.717) is 12.2 Å². The number of piperidine rings is 1. The fraction of sp³-hybridized carbons (Fsp3) is 0.545. The molecule has 1 saturated heterocycles. The number of rotatable bonds is 3. The van der Waals surface area contributed by atoms with Gasteiger partial charge < -0.3 is 9.73 Å².